The van der Waals surface area contributed by atoms with E-state index < -0.39 is 49.0 Å². The first-order valence-corrected chi connectivity index (χ1v) is 13.5. The number of nitrogens with one attached hydrogen (secondary N) is 1. The zero-order valence-electron chi connectivity index (χ0n) is 21.6. The van der Waals surface area contributed by atoms with Crippen LogP contribution >= 0.6 is 7.75 Å². The van der Waals surface area contributed by atoms with Crippen molar-refractivity contribution in [3.05, 3.63) is 53.1 Å². The third kappa shape index (κ3) is 6.97. The smallest absolute Gasteiger partial charge is 0.459 e. The Bertz CT molecular complexity index is 1190. The quantitative estimate of drug-likeness (QED) is 0.285. The average molecular weight is 539 g/mol. The van der Waals surface area contributed by atoms with Gasteiger partial charge in [0.15, 0.2) is 0 Å². The molecule has 0 bridgehead atoms. The van der Waals surface area contributed by atoms with Crippen molar-refractivity contribution in [2.45, 2.75) is 77.0 Å². The number of carbonyl (C=O) groups is 1. The fourth-order valence-corrected chi connectivity index (χ4v) is 5.54. The third-order valence-electron chi connectivity index (χ3n) is 5.88. The van der Waals surface area contributed by atoms with Gasteiger partial charge < -0.3 is 24.8 Å². The summed E-state index contributed by atoms with van der Waals surface area (Å²) in [5, 5.41) is 13.6. The monoisotopic (exact) mass is 538 g/mol. The molecule has 37 heavy (non-hydrogen) atoms. The third-order valence-corrected chi connectivity index (χ3v) is 7.63. The Labute approximate surface area is 215 Å². The largest absolute Gasteiger partial charge is 0.462 e. The molecule has 1 fully saturated rings. The topological polar surface area (TPSA) is 164 Å². The van der Waals surface area contributed by atoms with Crippen LogP contribution in [-0.2, 0) is 23.4 Å². The second kappa shape index (κ2) is 11.3. The van der Waals surface area contributed by atoms with Gasteiger partial charge in [0.1, 0.15) is 28.9 Å². The number of para-hydroxylation sites is 1. The number of carbonyl (C=O) groups excluding carboxylic acids is 1. The second-order valence-electron chi connectivity index (χ2n) is 9.65. The van der Waals surface area contributed by atoms with E-state index in [9.17, 15) is 19.3 Å². The Morgan fingerprint density at radius 3 is 2.62 bits per heavy atom. The maximum atomic E-state index is 14.0. The number of ether oxygens (including phenoxy) is 2. The highest BCUT2D eigenvalue weighted by molar-refractivity contribution is 7.52. The molecule has 13 heteroatoms. The molecule has 1 aromatic heterocycles. The molecule has 4 atom stereocenters. The molecule has 0 saturated carbocycles. The van der Waals surface area contributed by atoms with Crippen LogP contribution < -0.4 is 21.0 Å². The maximum Gasteiger partial charge on any atom is 0.459 e. The van der Waals surface area contributed by atoms with Crippen molar-refractivity contribution in [2.75, 3.05) is 12.3 Å². The lowest BCUT2D eigenvalue weighted by Gasteiger charge is -2.34. The number of rotatable bonds is 11. The van der Waals surface area contributed by atoms with Crippen molar-refractivity contribution in [3.63, 3.8) is 0 Å². The molecule has 1 aliphatic rings. The first-order chi connectivity index (χ1) is 17.3. The molecule has 3 rings (SSSR count). The van der Waals surface area contributed by atoms with Crippen LogP contribution in [0.1, 0.15) is 53.7 Å². The number of nitrogens with two attached hydrogens (primary N) is 1. The molecule has 1 unspecified atom stereocenters. The van der Waals surface area contributed by atoms with E-state index in [1.165, 1.54) is 30.7 Å². The van der Waals surface area contributed by atoms with Crippen molar-refractivity contribution in [2.24, 2.45) is 0 Å². The summed E-state index contributed by atoms with van der Waals surface area (Å²) >= 11 is 0. The number of hydrogen-bond acceptors (Lipinski definition) is 10. The van der Waals surface area contributed by atoms with Crippen LogP contribution in [-0.4, -0.2) is 50.6 Å². The molecule has 0 amide bonds. The molecule has 2 heterocycles. The predicted molar refractivity (Wildman–Crippen MR) is 136 cm³/mol. The van der Waals surface area contributed by atoms with Crippen LogP contribution in [0, 0.1) is 0 Å². The van der Waals surface area contributed by atoms with Gasteiger partial charge in [0.25, 0.3) is 0 Å². The molecule has 4 N–H and O–H groups in total. The SMILES string of the molecule is CC[C@]1(COP(=O)(NC(C)(C)C(=O)OC(C)C)Oc2ccccc2)O[C@@H](n2ccc(N)nc2=O)C[C@@H]1O. The normalized spacial score (nSPS) is 23.5. The van der Waals surface area contributed by atoms with Crippen molar-refractivity contribution in [1.29, 1.82) is 0 Å². The van der Waals surface area contributed by atoms with Crippen LogP contribution in [0.2, 0.25) is 0 Å². The molecule has 1 aliphatic heterocycles. The summed E-state index contributed by atoms with van der Waals surface area (Å²) in [6, 6.07) is 9.77. The zero-order chi connectivity index (χ0) is 27.4. The van der Waals surface area contributed by atoms with Gasteiger partial charge in [0.2, 0.25) is 0 Å². The number of hydrogen-bond donors (Lipinski definition) is 3. The van der Waals surface area contributed by atoms with Crippen molar-refractivity contribution >= 4 is 19.5 Å². The van der Waals surface area contributed by atoms with Gasteiger partial charge in [0, 0.05) is 12.6 Å². The molecule has 0 aliphatic carbocycles. The summed E-state index contributed by atoms with van der Waals surface area (Å²) in [5.41, 5.74) is 2.16. The lowest BCUT2D eigenvalue weighted by molar-refractivity contribution is -0.153. The molecular formula is C24H35N4O8P. The van der Waals surface area contributed by atoms with Gasteiger partial charge >= 0.3 is 19.4 Å². The molecule has 1 saturated heterocycles. The molecule has 204 valence electrons. The first kappa shape index (κ1) is 28.8. The highest BCUT2D eigenvalue weighted by Gasteiger charge is 2.50. The number of benzene rings is 1. The summed E-state index contributed by atoms with van der Waals surface area (Å²) in [6.45, 7) is 7.79. The van der Waals surface area contributed by atoms with E-state index in [1.807, 2.05) is 0 Å². The lowest BCUT2D eigenvalue weighted by Crippen LogP contribution is -2.49. The van der Waals surface area contributed by atoms with Crippen LogP contribution in [0.4, 0.5) is 5.82 Å². The molecule has 0 radical (unpaired) electrons. The van der Waals surface area contributed by atoms with Gasteiger partial charge in [0.05, 0.1) is 18.8 Å². The molecule has 1 aromatic carbocycles. The van der Waals surface area contributed by atoms with E-state index in [-0.39, 0.29) is 31.0 Å². The van der Waals surface area contributed by atoms with Gasteiger partial charge in [-0.15, -0.1) is 0 Å². The Balaban J connectivity index is 1.85. The fourth-order valence-electron chi connectivity index (χ4n) is 3.82. The maximum absolute atomic E-state index is 14.0. The number of esters is 1. The summed E-state index contributed by atoms with van der Waals surface area (Å²) in [5.74, 6) is -0.351. The fraction of sp³-hybridized carbons (Fsp3) is 0.542. The minimum absolute atomic E-state index is 0.0617. The standard InChI is InChI=1S/C24H35N4O8P/c1-6-24(18(29)14-20(35-24)28-13-12-19(25)26-22(28)31)15-33-37(32,36-17-10-8-7-9-11-17)27-23(4,5)21(30)34-16(2)3/h7-13,16,18,20,29H,6,14-15H2,1-5H3,(H,27,32)(H2,25,26,31)/t18-,20+,24+,37?/m0/s1. The first-order valence-electron chi connectivity index (χ1n) is 12.0. The van der Waals surface area contributed by atoms with Gasteiger partial charge in [-0.1, -0.05) is 25.1 Å². The number of nitrogen functional groups attached to an aromatic ring is 1. The number of nitrogens with zero attached hydrogens (tertiary/aromatic N) is 2. The highest BCUT2D eigenvalue weighted by Crippen LogP contribution is 2.49. The van der Waals surface area contributed by atoms with Crippen molar-refractivity contribution in [1.82, 2.24) is 14.6 Å². The van der Waals surface area contributed by atoms with Gasteiger partial charge in [-0.2, -0.15) is 10.1 Å². The van der Waals surface area contributed by atoms with Crippen LogP contribution in [0.3, 0.4) is 0 Å². The molecule has 2 aromatic rings. The minimum atomic E-state index is -4.24. The Hall–Kier alpha value is -2.76. The van der Waals surface area contributed by atoms with Crippen LogP contribution in [0.5, 0.6) is 5.75 Å². The number of aliphatic hydroxyl groups is 1. The van der Waals surface area contributed by atoms with Crippen LogP contribution in [0.15, 0.2) is 47.4 Å². The summed E-state index contributed by atoms with van der Waals surface area (Å²) in [6.07, 6.45) is -0.562. The van der Waals surface area contributed by atoms with E-state index in [0.717, 1.165) is 0 Å². The van der Waals surface area contributed by atoms with Crippen molar-refractivity contribution < 1.29 is 33.0 Å². The van der Waals surface area contributed by atoms with E-state index in [1.54, 1.807) is 51.1 Å². The number of anilines is 1. The predicted octanol–water partition coefficient (Wildman–Crippen LogP) is 2.78. The lowest BCUT2D eigenvalue weighted by atomic mass is 9.95. The Morgan fingerprint density at radius 1 is 1.35 bits per heavy atom. The highest BCUT2D eigenvalue weighted by atomic mass is 31.2. The van der Waals surface area contributed by atoms with Gasteiger partial charge in [-0.3, -0.25) is 13.9 Å². The molecule has 0 spiro atoms. The van der Waals surface area contributed by atoms with Gasteiger partial charge in [-0.05, 0) is 52.3 Å². The zero-order valence-corrected chi connectivity index (χ0v) is 22.5. The van der Waals surface area contributed by atoms with E-state index in [4.69, 9.17) is 24.3 Å². The summed E-state index contributed by atoms with van der Waals surface area (Å²) < 4.78 is 38.1. The summed E-state index contributed by atoms with van der Waals surface area (Å²) in [4.78, 5) is 28.7. The van der Waals surface area contributed by atoms with Crippen molar-refractivity contribution in [3.8, 4) is 5.75 Å². The van der Waals surface area contributed by atoms with E-state index >= 15 is 0 Å². The van der Waals surface area contributed by atoms with E-state index in [2.05, 4.69) is 10.1 Å². The van der Waals surface area contributed by atoms with E-state index in [0.29, 0.717) is 0 Å². The number of aliphatic hydroxyl groups excluding tert-OH is 1. The Morgan fingerprint density at radius 2 is 2.03 bits per heavy atom. The minimum Gasteiger partial charge on any atom is -0.462 e. The Kier molecular flexibility index (Phi) is 8.81. The van der Waals surface area contributed by atoms with Crippen LogP contribution in [0.25, 0.3) is 0 Å². The molecular weight excluding hydrogens is 503 g/mol. The van der Waals surface area contributed by atoms with Gasteiger partial charge in [-0.25, -0.2) is 9.36 Å². The summed E-state index contributed by atoms with van der Waals surface area (Å²) in [7, 11) is -4.24. The number of aromatic nitrogens is 2. The molecule has 12 nitrogen and oxygen atoms in total. The second-order valence-corrected chi connectivity index (χ2v) is 11.3. The average Bonchev–Trinajstić information content (AvgIpc) is 3.14.